The summed E-state index contributed by atoms with van der Waals surface area (Å²) >= 11 is 0. The molecule has 3 heterocycles. The lowest BCUT2D eigenvalue weighted by Gasteiger charge is -2.44. The van der Waals surface area contributed by atoms with Crippen LogP contribution in [0.15, 0.2) is 0 Å². The fourth-order valence-corrected chi connectivity index (χ4v) is 11.2. The molecule has 0 spiro atoms. The highest BCUT2D eigenvalue weighted by molar-refractivity contribution is 5.78. The van der Waals surface area contributed by atoms with E-state index in [1.807, 2.05) is 0 Å². The second kappa shape index (κ2) is 47.9. The Bertz CT molecular complexity index is 2810. The molecule has 3 aliphatic heterocycles. The number of ether oxygens (including phenoxy) is 15. The van der Waals surface area contributed by atoms with Crippen LogP contribution in [0.3, 0.4) is 0 Å². The number of nitrogens with one attached hydrogen (secondary N) is 6. The summed E-state index contributed by atoms with van der Waals surface area (Å²) in [7, 11) is 0. The van der Waals surface area contributed by atoms with Crippen molar-refractivity contribution in [1.29, 1.82) is 0 Å². The van der Waals surface area contributed by atoms with Crippen LogP contribution in [0.1, 0.15) is 160 Å². The number of rotatable bonds is 45. The van der Waals surface area contributed by atoms with Crippen LogP contribution < -0.4 is 31.9 Å². The van der Waals surface area contributed by atoms with Crippen LogP contribution in [0, 0.1) is 0 Å². The number of amides is 6. The van der Waals surface area contributed by atoms with Crippen LogP contribution in [0.4, 0.5) is 0 Å². The molecule has 0 aliphatic carbocycles. The second-order valence-corrected chi connectivity index (χ2v) is 24.5. The molecule has 3 fully saturated rings. The van der Waals surface area contributed by atoms with Crippen molar-refractivity contribution >= 4 is 89.2 Å². The third-order valence-corrected chi connectivity index (χ3v) is 15.4. The first-order valence-corrected chi connectivity index (χ1v) is 34.3. The van der Waals surface area contributed by atoms with Crippen molar-refractivity contribution in [2.45, 2.75) is 252 Å². The quantitative estimate of drug-likeness (QED) is 0.0250. The van der Waals surface area contributed by atoms with Gasteiger partial charge in [-0.3, -0.25) is 71.9 Å². The molecule has 0 aromatic carbocycles. The van der Waals surface area contributed by atoms with Gasteiger partial charge in [0.1, 0.15) is 56.3 Å². The molecule has 6 N–H and O–H groups in total. The zero-order chi connectivity index (χ0) is 76.7. The van der Waals surface area contributed by atoms with E-state index in [1.165, 1.54) is 27.7 Å². The van der Waals surface area contributed by atoms with Gasteiger partial charge < -0.3 is 108 Å². The van der Waals surface area contributed by atoms with Crippen LogP contribution in [0.5, 0.6) is 0 Å². The van der Waals surface area contributed by atoms with Gasteiger partial charge in [-0.15, -0.1) is 0 Å². The van der Waals surface area contributed by atoms with Gasteiger partial charge in [-0.25, -0.2) is 0 Å². The van der Waals surface area contributed by atoms with Gasteiger partial charge in [0.15, 0.2) is 55.5 Å². The van der Waals surface area contributed by atoms with Crippen molar-refractivity contribution in [1.82, 2.24) is 36.8 Å². The first-order chi connectivity index (χ1) is 48.8. The minimum absolute atomic E-state index is 0.00663. The van der Waals surface area contributed by atoms with Gasteiger partial charge in [0.25, 0.3) is 0 Å². The maximum atomic E-state index is 13.9. The van der Waals surface area contributed by atoms with E-state index in [-0.39, 0.29) is 69.9 Å². The van der Waals surface area contributed by atoms with Crippen molar-refractivity contribution in [2.75, 3.05) is 78.9 Å². The average molecular weight is 1480 g/mol. The number of carbonyl (C=O) groups excluding carboxylic acids is 15. The van der Waals surface area contributed by atoms with E-state index < -0.39 is 183 Å². The lowest BCUT2D eigenvalue weighted by atomic mass is 9.96. The molecule has 3 saturated heterocycles. The number of hydrogen-bond donors (Lipinski definition) is 6. The van der Waals surface area contributed by atoms with Gasteiger partial charge in [-0.05, 0) is 70.9 Å². The number of nitrogens with zero attached hydrogens (tertiary/aromatic N) is 1. The zero-order valence-electron chi connectivity index (χ0n) is 60.8. The average Bonchev–Trinajstić information content (AvgIpc) is 0.802. The Morgan fingerprint density at radius 1 is 0.320 bits per heavy atom. The number of hydrogen-bond acceptors (Lipinski definition) is 31. The highest BCUT2D eigenvalue weighted by Crippen LogP contribution is 2.32. The summed E-state index contributed by atoms with van der Waals surface area (Å²) in [5, 5.41) is 17.0. The van der Waals surface area contributed by atoms with Crippen LogP contribution in [0.2, 0.25) is 0 Å². The molecular formula is C66H105N7O30. The standard InChI is InChI=1S/C66H105N7O30/c1-37(74)70-55-61(98-46(10)83)58(95-43(7)80)49(34-92-40(4)77)101-64(55)89-31-16-13-22-52(86)68-27-19-25-67-26-20-29-73(54(88)24-15-18-33-91-66-57(72-39(3)76)63(100-48(12)85)60(97-45(9)82)51(103-66)36-94-42(6)79)30-21-28-69-53(87)23-14-17-32-90-65-56(71-38(2)75)62(99-47(11)84)59(96-44(8)81)50(102-65)35-93-41(5)78/h49-51,55-67H,13-36H2,1-12H3,(H,68,86)(H,69,87)(H,70,74)(H,71,75)(H,72,76)/t49-,50-,51-,55-,56-,57-,58+,59+,60+,61-,62-,63-,64-,65-,66-/m1/s1. The summed E-state index contributed by atoms with van der Waals surface area (Å²) < 4.78 is 84.5. The Morgan fingerprint density at radius 2 is 0.602 bits per heavy atom. The molecule has 0 unspecified atom stereocenters. The van der Waals surface area contributed by atoms with Crippen molar-refractivity contribution in [3.8, 4) is 0 Å². The van der Waals surface area contributed by atoms with Gasteiger partial charge in [0.05, 0.1) is 0 Å². The Hall–Kier alpha value is -8.23. The molecule has 0 saturated carbocycles. The predicted octanol–water partition coefficient (Wildman–Crippen LogP) is -0.664. The van der Waals surface area contributed by atoms with Crippen molar-refractivity contribution in [3.63, 3.8) is 0 Å². The largest absolute Gasteiger partial charge is 0.463 e. The van der Waals surface area contributed by atoms with Gasteiger partial charge in [-0.2, -0.15) is 0 Å². The van der Waals surface area contributed by atoms with Crippen molar-refractivity contribution in [2.24, 2.45) is 0 Å². The predicted molar refractivity (Wildman–Crippen MR) is 351 cm³/mol. The van der Waals surface area contributed by atoms with Crippen LogP contribution in [-0.4, -0.2) is 265 Å². The molecule has 6 amide bonds. The summed E-state index contributed by atoms with van der Waals surface area (Å²) in [5.41, 5.74) is 0. The molecule has 0 aromatic rings. The summed E-state index contributed by atoms with van der Waals surface area (Å²) in [6.07, 6.45) is -11.3. The lowest BCUT2D eigenvalue weighted by Crippen LogP contribution is -2.66. The summed E-state index contributed by atoms with van der Waals surface area (Å²) in [6.45, 7) is 14.8. The molecule has 37 nitrogen and oxygen atoms in total. The molecule has 37 heteroatoms. The number of unbranched alkanes of at least 4 members (excludes halogenated alkanes) is 3. The van der Waals surface area contributed by atoms with Gasteiger partial charge in [-0.1, -0.05) is 0 Å². The minimum atomic E-state index is -1.33. The van der Waals surface area contributed by atoms with Crippen molar-refractivity contribution in [3.05, 3.63) is 0 Å². The zero-order valence-corrected chi connectivity index (χ0v) is 60.8. The molecule has 584 valence electrons. The molecule has 0 radical (unpaired) electrons. The molecule has 0 aromatic heterocycles. The molecule has 103 heavy (non-hydrogen) atoms. The van der Waals surface area contributed by atoms with Crippen molar-refractivity contribution < 1.29 is 143 Å². The Labute approximate surface area is 598 Å². The second-order valence-electron chi connectivity index (χ2n) is 24.5. The highest BCUT2D eigenvalue weighted by atomic mass is 16.7. The van der Waals surface area contributed by atoms with E-state index in [0.717, 1.165) is 55.4 Å². The van der Waals surface area contributed by atoms with E-state index in [4.69, 9.17) is 71.1 Å². The lowest BCUT2D eigenvalue weighted by molar-refractivity contribution is -0.277. The minimum Gasteiger partial charge on any atom is -0.463 e. The first-order valence-electron chi connectivity index (χ1n) is 34.3. The summed E-state index contributed by atoms with van der Waals surface area (Å²) in [5.74, 6) is -8.91. The van der Waals surface area contributed by atoms with E-state index in [9.17, 15) is 71.9 Å². The molecular weight excluding hydrogens is 1370 g/mol. The smallest absolute Gasteiger partial charge is 0.303 e. The third kappa shape index (κ3) is 35.7. The molecule has 0 bridgehead atoms. The topological polar surface area (TPSA) is 470 Å². The Morgan fingerprint density at radius 3 is 0.903 bits per heavy atom. The SMILES string of the molecule is CC(=O)N[C@H]1[C@H](OCCCCC(=O)NCCCNCCCN(CCCNC(=O)CCCCO[C@@H]2O[C@H](COC(C)=O)[C@H](OC(C)=O)[C@H](OC(C)=O)[C@H]2NC(C)=O)C(=O)CCCCO[C@@H]2O[C@H](COC(C)=O)[C@H](OC(C)=O)[C@H](OC(C)=O)[C@H]2NC(C)=O)O[C@H](COC(C)=O)[C@H](OC(C)=O)[C@@H]1OC(C)=O. The number of carbonyl (C=O) groups is 15. The fraction of sp³-hybridized carbons (Fsp3) is 0.773. The van der Waals surface area contributed by atoms with Gasteiger partial charge in [0.2, 0.25) is 35.4 Å². The summed E-state index contributed by atoms with van der Waals surface area (Å²) in [4.78, 5) is 187. The summed E-state index contributed by atoms with van der Waals surface area (Å²) in [6, 6.07) is -3.49. The fourth-order valence-electron chi connectivity index (χ4n) is 11.2. The van der Waals surface area contributed by atoms with Gasteiger partial charge >= 0.3 is 53.7 Å². The first kappa shape index (κ1) is 89.0. The van der Waals surface area contributed by atoms with Gasteiger partial charge in [0, 0.05) is 148 Å². The number of esters is 9. The Balaban J connectivity index is 1.59. The normalized spacial score (nSPS) is 24.2. The van der Waals surface area contributed by atoms with E-state index in [1.54, 1.807) is 4.90 Å². The molecule has 15 atom stereocenters. The molecule has 3 rings (SSSR count). The monoisotopic (exact) mass is 1480 g/mol. The third-order valence-electron chi connectivity index (χ3n) is 15.4. The highest BCUT2D eigenvalue weighted by Gasteiger charge is 2.54. The molecule has 3 aliphatic rings. The van der Waals surface area contributed by atoms with Crippen LogP contribution >= 0.6 is 0 Å². The maximum absolute atomic E-state index is 13.9. The van der Waals surface area contributed by atoms with E-state index in [0.29, 0.717) is 84.0 Å². The van der Waals surface area contributed by atoms with Crippen LogP contribution in [-0.2, 0) is 143 Å². The Kier molecular flexibility index (Phi) is 41.4. The maximum Gasteiger partial charge on any atom is 0.303 e. The van der Waals surface area contributed by atoms with Crippen LogP contribution in [0.25, 0.3) is 0 Å². The van der Waals surface area contributed by atoms with E-state index >= 15 is 0 Å². The van der Waals surface area contributed by atoms with E-state index in [2.05, 4.69) is 31.9 Å².